The molecular weight excluding hydrogens is 274 g/mol. The predicted molar refractivity (Wildman–Crippen MR) is 79.1 cm³/mol. The Morgan fingerprint density at radius 2 is 2.15 bits per heavy atom. The van der Waals surface area contributed by atoms with Gasteiger partial charge in [0.1, 0.15) is 0 Å². The van der Waals surface area contributed by atoms with Gasteiger partial charge in [-0.2, -0.15) is 0 Å². The van der Waals surface area contributed by atoms with E-state index in [0.717, 1.165) is 12.8 Å². The molecule has 2 unspecified atom stereocenters. The molecule has 2 atom stereocenters. The quantitative estimate of drug-likeness (QED) is 0.804. The first-order valence-corrected chi connectivity index (χ1v) is 8.38. The van der Waals surface area contributed by atoms with Crippen molar-refractivity contribution >= 4 is 16.7 Å². The van der Waals surface area contributed by atoms with E-state index < -0.39 is 10.8 Å². The van der Waals surface area contributed by atoms with Crippen LogP contribution in [0.25, 0.3) is 0 Å². The predicted octanol–water partition coefficient (Wildman–Crippen LogP) is 1.70. The Labute approximate surface area is 122 Å². The van der Waals surface area contributed by atoms with Gasteiger partial charge in [-0.15, -0.1) is 0 Å². The van der Waals surface area contributed by atoms with Crippen LogP contribution < -0.4 is 5.32 Å². The zero-order valence-corrected chi connectivity index (χ0v) is 12.5. The molecule has 1 amide bonds. The van der Waals surface area contributed by atoms with Gasteiger partial charge in [0.15, 0.2) is 0 Å². The van der Waals surface area contributed by atoms with Gasteiger partial charge in [0.2, 0.25) is 0 Å². The fourth-order valence-electron chi connectivity index (χ4n) is 2.32. The van der Waals surface area contributed by atoms with Crippen LogP contribution in [-0.2, 0) is 10.8 Å². The lowest BCUT2D eigenvalue weighted by molar-refractivity contribution is 0.0921. The Balaban J connectivity index is 2.14. The third-order valence-electron chi connectivity index (χ3n) is 3.59. The number of carbonyl (C=O) groups is 1. The second kappa shape index (κ2) is 6.99. The lowest BCUT2D eigenvalue weighted by Gasteiger charge is -2.18. The monoisotopic (exact) mass is 295 g/mol. The molecule has 0 heterocycles. The van der Waals surface area contributed by atoms with Crippen molar-refractivity contribution in [3.8, 4) is 0 Å². The standard InChI is InChI=1S/C15H21NO3S/c1-2-20(19)14-6-4-3-5-12(14)15(18)16-13(9-10-17)11-7-8-11/h3-6,11,13,17H,2,7-10H2,1H3,(H,16,18). The van der Waals surface area contributed by atoms with Crippen molar-refractivity contribution < 1.29 is 14.1 Å². The number of hydrogen-bond acceptors (Lipinski definition) is 3. The van der Waals surface area contributed by atoms with E-state index >= 15 is 0 Å². The maximum absolute atomic E-state index is 12.4. The number of carbonyl (C=O) groups excluding carboxylic acids is 1. The molecule has 2 N–H and O–H groups in total. The van der Waals surface area contributed by atoms with E-state index in [-0.39, 0.29) is 18.6 Å². The van der Waals surface area contributed by atoms with Gasteiger partial charge >= 0.3 is 0 Å². The Kier molecular flexibility index (Phi) is 5.31. The molecule has 0 aliphatic heterocycles. The number of hydrogen-bond donors (Lipinski definition) is 2. The summed E-state index contributed by atoms with van der Waals surface area (Å²) < 4.78 is 12.0. The zero-order valence-electron chi connectivity index (χ0n) is 11.7. The van der Waals surface area contributed by atoms with E-state index in [1.54, 1.807) is 24.3 Å². The normalized spacial score (nSPS) is 17.5. The van der Waals surface area contributed by atoms with Crippen molar-refractivity contribution in [2.24, 2.45) is 5.92 Å². The Bertz CT molecular complexity index is 500. The number of nitrogens with one attached hydrogen (secondary N) is 1. The molecule has 0 bridgehead atoms. The molecule has 1 saturated carbocycles. The highest BCUT2D eigenvalue weighted by Gasteiger charge is 2.32. The highest BCUT2D eigenvalue weighted by atomic mass is 32.2. The molecule has 1 aromatic carbocycles. The molecule has 110 valence electrons. The summed E-state index contributed by atoms with van der Waals surface area (Å²) in [5.74, 6) is 0.787. The third-order valence-corrected chi connectivity index (χ3v) is 4.96. The number of aliphatic hydroxyl groups excluding tert-OH is 1. The fraction of sp³-hybridized carbons (Fsp3) is 0.533. The van der Waals surface area contributed by atoms with Crippen LogP contribution in [0.3, 0.4) is 0 Å². The molecule has 1 fully saturated rings. The van der Waals surface area contributed by atoms with Crippen LogP contribution in [0.2, 0.25) is 0 Å². The molecule has 0 saturated heterocycles. The van der Waals surface area contributed by atoms with Crippen molar-refractivity contribution in [3.05, 3.63) is 29.8 Å². The number of rotatable bonds is 7. The number of benzene rings is 1. The summed E-state index contributed by atoms with van der Waals surface area (Å²) >= 11 is 0. The fourth-order valence-corrected chi connectivity index (χ4v) is 3.27. The van der Waals surface area contributed by atoms with Gasteiger partial charge in [-0.05, 0) is 37.3 Å². The Morgan fingerprint density at radius 3 is 2.75 bits per heavy atom. The van der Waals surface area contributed by atoms with Crippen LogP contribution in [0, 0.1) is 5.92 Å². The minimum Gasteiger partial charge on any atom is -0.396 e. The van der Waals surface area contributed by atoms with E-state index in [2.05, 4.69) is 5.32 Å². The second-order valence-corrected chi connectivity index (χ2v) is 6.77. The van der Waals surface area contributed by atoms with Gasteiger partial charge in [0.25, 0.3) is 5.91 Å². The first-order chi connectivity index (χ1) is 9.67. The van der Waals surface area contributed by atoms with Crippen LogP contribution in [-0.4, -0.2) is 33.6 Å². The van der Waals surface area contributed by atoms with Gasteiger partial charge in [-0.1, -0.05) is 19.1 Å². The van der Waals surface area contributed by atoms with Crippen LogP contribution in [0.1, 0.15) is 36.5 Å². The average molecular weight is 295 g/mol. The van der Waals surface area contributed by atoms with Crippen LogP contribution in [0.5, 0.6) is 0 Å². The Morgan fingerprint density at radius 1 is 1.45 bits per heavy atom. The molecule has 5 heteroatoms. The van der Waals surface area contributed by atoms with Crippen molar-refractivity contribution in [1.82, 2.24) is 5.32 Å². The molecule has 20 heavy (non-hydrogen) atoms. The van der Waals surface area contributed by atoms with E-state index in [4.69, 9.17) is 5.11 Å². The van der Waals surface area contributed by atoms with Crippen LogP contribution in [0.4, 0.5) is 0 Å². The molecule has 2 rings (SSSR count). The van der Waals surface area contributed by atoms with Crippen molar-refractivity contribution in [3.63, 3.8) is 0 Å². The van der Waals surface area contributed by atoms with Gasteiger partial charge in [-0.3, -0.25) is 9.00 Å². The minimum atomic E-state index is -1.15. The Hall–Kier alpha value is -1.20. The van der Waals surface area contributed by atoms with Gasteiger partial charge in [-0.25, -0.2) is 0 Å². The van der Waals surface area contributed by atoms with Gasteiger partial charge in [0.05, 0.1) is 21.3 Å². The lowest BCUT2D eigenvalue weighted by Crippen LogP contribution is -2.37. The SMILES string of the molecule is CCS(=O)c1ccccc1C(=O)NC(CCO)C1CC1. The largest absolute Gasteiger partial charge is 0.396 e. The number of aliphatic hydroxyl groups is 1. The van der Waals surface area contributed by atoms with E-state index in [1.807, 2.05) is 6.92 Å². The van der Waals surface area contributed by atoms with Gasteiger partial charge < -0.3 is 10.4 Å². The summed E-state index contributed by atoms with van der Waals surface area (Å²) in [5.41, 5.74) is 0.483. The molecule has 1 aliphatic rings. The summed E-state index contributed by atoms with van der Waals surface area (Å²) in [5, 5.41) is 12.1. The molecule has 1 aliphatic carbocycles. The van der Waals surface area contributed by atoms with E-state index in [1.165, 1.54) is 0 Å². The topological polar surface area (TPSA) is 66.4 Å². The number of amides is 1. The van der Waals surface area contributed by atoms with Crippen molar-refractivity contribution in [1.29, 1.82) is 0 Å². The van der Waals surface area contributed by atoms with Gasteiger partial charge in [0, 0.05) is 18.4 Å². The summed E-state index contributed by atoms with van der Waals surface area (Å²) in [6, 6.07) is 7.05. The van der Waals surface area contributed by atoms with E-state index in [9.17, 15) is 9.00 Å². The van der Waals surface area contributed by atoms with Crippen molar-refractivity contribution in [2.45, 2.75) is 37.1 Å². The maximum Gasteiger partial charge on any atom is 0.252 e. The highest BCUT2D eigenvalue weighted by Crippen LogP contribution is 2.34. The third kappa shape index (κ3) is 3.67. The molecular formula is C15H21NO3S. The molecule has 1 aromatic rings. The molecule has 4 nitrogen and oxygen atoms in total. The van der Waals surface area contributed by atoms with Crippen LogP contribution in [0.15, 0.2) is 29.2 Å². The summed E-state index contributed by atoms with van der Waals surface area (Å²) in [4.78, 5) is 13.0. The minimum absolute atomic E-state index is 0.0237. The van der Waals surface area contributed by atoms with Crippen molar-refractivity contribution in [2.75, 3.05) is 12.4 Å². The average Bonchev–Trinajstić information content (AvgIpc) is 3.30. The summed E-state index contributed by atoms with van der Waals surface area (Å²) in [6.07, 6.45) is 2.79. The first-order valence-electron chi connectivity index (χ1n) is 7.06. The molecule has 0 spiro atoms. The first kappa shape index (κ1) is 15.2. The lowest BCUT2D eigenvalue weighted by atomic mass is 10.1. The summed E-state index contributed by atoms with van der Waals surface area (Å²) in [6.45, 7) is 1.91. The zero-order chi connectivity index (χ0) is 14.5. The smallest absolute Gasteiger partial charge is 0.252 e. The van der Waals surface area contributed by atoms with E-state index in [0.29, 0.717) is 28.6 Å². The second-order valence-electron chi connectivity index (χ2n) is 5.06. The summed E-state index contributed by atoms with van der Waals surface area (Å²) in [7, 11) is -1.15. The molecule has 0 aromatic heterocycles. The highest BCUT2D eigenvalue weighted by molar-refractivity contribution is 7.85. The molecule has 0 radical (unpaired) electrons. The van der Waals surface area contributed by atoms with Crippen LogP contribution >= 0.6 is 0 Å². The maximum atomic E-state index is 12.4.